The number of thioether (sulfide) groups is 1. The van der Waals surface area contributed by atoms with Crippen molar-refractivity contribution in [2.24, 2.45) is 5.92 Å². The largest absolute Gasteiger partial charge is 0.480 e. The van der Waals surface area contributed by atoms with Crippen LogP contribution in [-0.4, -0.2) is 47.6 Å². The van der Waals surface area contributed by atoms with Crippen molar-refractivity contribution in [2.45, 2.75) is 64.3 Å². The molecule has 2 N–H and O–H groups in total. The molecule has 0 saturated heterocycles. The molecule has 194 valence electrons. The molecule has 0 spiro atoms. The number of carbonyl (C=O) groups excluding carboxylic acids is 2. The van der Waals surface area contributed by atoms with E-state index in [0.717, 1.165) is 35.1 Å². The second-order valence-electron chi connectivity index (χ2n) is 9.53. The minimum atomic E-state index is -1.04. The SMILES string of the molecule is CSCC[C@H](NC(=O)c1ccc(CCC(=O)OCC2CCCCC2)cc1-c1ccccc1C)C(=O)O. The van der Waals surface area contributed by atoms with E-state index < -0.39 is 17.9 Å². The average Bonchev–Trinajstić information content (AvgIpc) is 2.89. The molecule has 0 aromatic heterocycles. The smallest absolute Gasteiger partial charge is 0.326 e. The van der Waals surface area contributed by atoms with Crippen LogP contribution < -0.4 is 5.32 Å². The molecule has 2 aromatic carbocycles. The summed E-state index contributed by atoms with van der Waals surface area (Å²) in [6.07, 6.45) is 9.02. The van der Waals surface area contributed by atoms with Crippen LogP contribution in [0.4, 0.5) is 0 Å². The highest BCUT2D eigenvalue weighted by molar-refractivity contribution is 7.98. The van der Waals surface area contributed by atoms with E-state index in [2.05, 4.69) is 5.32 Å². The van der Waals surface area contributed by atoms with Crippen LogP contribution >= 0.6 is 11.8 Å². The number of esters is 1. The Labute approximate surface area is 218 Å². The lowest BCUT2D eigenvalue weighted by molar-refractivity contribution is -0.145. The van der Waals surface area contributed by atoms with E-state index in [4.69, 9.17) is 4.74 Å². The predicted molar refractivity (Wildman–Crippen MR) is 144 cm³/mol. The number of ether oxygens (including phenoxy) is 1. The van der Waals surface area contributed by atoms with E-state index in [1.54, 1.807) is 17.8 Å². The first-order chi connectivity index (χ1) is 17.4. The second-order valence-corrected chi connectivity index (χ2v) is 10.5. The fourth-order valence-electron chi connectivity index (χ4n) is 4.66. The maximum Gasteiger partial charge on any atom is 0.326 e. The maximum absolute atomic E-state index is 13.2. The van der Waals surface area contributed by atoms with Crippen LogP contribution in [0.1, 0.15) is 66.4 Å². The number of aliphatic carboxylic acids is 1. The number of benzene rings is 2. The highest BCUT2D eigenvalue weighted by Crippen LogP contribution is 2.29. The molecule has 1 amide bonds. The molecular formula is C29H37NO5S. The van der Waals surface area contributed by atoms with Gasteiger partial charge in [-0.05, 0) is 78.9 Å². The first kappa shape index (κ1) is 27.8. The summed E-state index contributed by atoms with van der Waals surface area (Å²) in [6, 6.07) is 12.3. The zero-order valence-corrected chi connectivity index (χ0v) is 22.1. The van der Waals surface area contributed by atoms with Gasteiger partial charge < -0.3 is 15.2 Å². The predicted octanol–water partition coefficient (Wildman–Crippen LogP) is 5.65. The number of amides is 1. The van der Waals surface area contributed by atoms with Gasteiger partial charge in [0, 0.05) is 12.0 Å². The number of hydrogen-bond acceptors (Lipinski definition) is 5. The molecule has 3 rings (SSSR count). The third-order valence-corrected chi connectivity index (χ3v) is 7.44. The average molecular weight is 512 g/mol. The summed E-state index contributed by atoms with van der Waals surface area (Å²) in [5.41, 5.74) is 3.99. The van der Waals surface area contributed by atoms with Gasteiger partial charge in [-0.25, -0.2) is 4.79 Å². The maximum atomic E-state index is 13.2. The minimum Gasteiger partial charge on any atom is -0.480 e. The molecule has 6 nitrogen and oxygen atoms in total. The van der Waals surface area contributed by atoms with Crippen molar-refractivity contribution in [1.82, 2.24) is 5.32 Å². The number of carbonyl (C=O) groups is 3. The van der Waals surface area contributed by atoms with Gasteiger partial charge in [0.1, 0.15) is 6.04 Å². The van der Waals surface area contributed by atoms with Crippen LogP contribution in [0, 0.1) is 12.8 Å². The van der Waals surface area contributed by atoms with E-state index in [-0.39, 0.29) is 12.4 Å². The summed E-state index contributed by atoms with van der Waals surface area (Å²) < 4.78 is 5.54. The first-order valence-electron chi connectivity index (χ1n) is 12.8. The third-order valence-electron chi connectivity index (χ3n) is 6.80. The standard InChI is InChI=1S/C29H37NO5S/c1-20-8-6-7-11-23(20)25-18-21(13-15-27(31)35-19-22-9-4-3-5-10-22)12-14-24(25)28(32)30-26(29(33)34)16-17-36-2/h6-8,11-12,14,18,22,26H,3-5,9-10,13,15-17,19H2,1-2H3,(H,30,32)(H,33,34)/t26-/m0/s1. The fourth-order valence-corrected chi connectivity index (χ4v) is 5.13. The van der Waals surface area contributed by atoms with Crippen LogP contribution in [-0.2, 0) is 20.7 Å². The van der Waals surface area contributed by atoms with Gasteiger partial charge in [0.05, 0.1) is 6.61 Å². The van der Waals surface area contributed by atoms with Crippen LogP contribution in [0.3, 0.4) is 0 Å². The van der Waals surface area contributed by atoms with Gasteiger partial charge in [0.25, 0.3) is 5.91 Å². The molecule has 1 aliphatic carbocycles. The molecule has 1 atom stereocenters. The Balaban J connectivity index is 1.74. The van der Waals surface area contributed by atoms with E-state index >= 15 is 0 Å². The molecule has 2 aromatic rings. The van der Waals surface area contributed by atoms with Crippen LogP contribution in [0.25, 0.3) is 11.1 Å². The normalized spacial score (nSPS) is 14.7. The van der Waals surface area contributed by atoms with Crippen molar-refractivity contribution in [3.8, 4) is 11.1 Å². The van der Waals surface area contributed by atoms with Crippen LogP contribution in [0.2, 0.25) is 0 Å². The highest BCUT2D eigenvalue weighted by atomic mass is 32.2. The zero-order chi connectivity index (χ0) is 25.9. The molecule has 1 aliphatic rings. The monoisotopic (exact) mass is 511 g/mol. The zero-order valence-electron chi connectivity index (χ0n) is 21.3. The van der Waals surface area contributed by atoms with E-state index in [1.807, 2.05) is 49.6 Å². The molecule has 0 bridgehead atoms. The second kappa shape index (κ2) is 14.1. The van der Waals surface area contributed by atoms with Gasteiger partial charge in [-0.1, -0.05) is 55.7 Å². The summed E-state index contributed by atoms with van der Waals surface area (Å²) in [6.45, 7) is 2.48. The molecule has 0 heterocycles. The van der Waals surface area contributed by atoms with Gasteiger partial charge in [-0.15, -0.1) is 0 Å². The molecule has 0 aliphatic heterocycles. The van der Waals surface area contributed by atoms with Gasteiger partial charge in [-0.3, -0.25) is 9.59 Å². The number of carboxylic acid groups (broad SMARTS) is 1. The van der Waals surface area contributed by atoms with Crippen molar-refractivity contribution < 1.29 is 24.2 Å². The number of rotatable bonds is 12. The van der Waals surface area contributed by atoms with Crippen molar-refractivity contribution in [2.75, 3.05) is 18.6 Å². The number of aryl methyl sites for hydroxylation is 2. The summed E-state index contributed by atoms with van der Waals surface area (Å²) in [5.74, 6) is -0.535. The molecule has 1 fully saturated rings. The van der Waals surface area contributed by atoms with Gasteiger partial charge in [0.2, 0.25) is 0 Å². The molecule has 36 heavy (non-hydrogen) atoms. The fraction of sp³-hybridized carbons (Fsp3) is 0.483. The lowest BCUT2D eigenvalue weighted by Crippen LogP contribution is -2.41. The number of carboxylic acids is 1. The van der Waals surface area contributed by atoms with E-state index in [9.17, 15) is 19.5 Å². The summed E-state index contributed by atoms with van der Waals surface area (Å²) in [7, 11) is 0. The Morgan fingerprint density at radius 3 is 2.53 bits per heavy atom. The lowest BCUT2D eigenvalue weighted by Gasteiger charge is -2.21. The Morgan fingerprint density at radius 2 is 1.83 bits per heavy atom. The van der Waals surface area contributed by atoms with E-state index in [1.165, 1.54) is 19.3 Å². The van der Waals surface area contributed by atoms with Crippen molar-refractivity contribution in [3.05, 3.63) is 59.2 Å². The topological polar surface area (TPSA) is 92.7 Å². The number of nitrogens with one attached hydrogen (secondary N) is 1. The lowest BCUT2D eigenvalue weighted by atomic mass is 9.90. The number of hydrogen-bond donors (Lipinski definition) is 2. The molecule has 0 unspecified atom stereocenters. The van der Waals surface area contributed by atoms with Gasteiger partial charge in [-0.2, -0.15) is 11.8 Å². The molecule has 1 saturated carbocycles. The summed E-state index contributed by atoms with van der Waals surface area (Å²) in [5, 5.41) is 12.2. The van der Waals surface area contributed by atoms with Crippen molar-refractivity contribution in [1.29, 1.82) is 0 Å². The summed E-state index contributed by atoms with van der Waals surface area (Å²) >= 11 is 1.54. The Kier molecular flexibility index (Phi) is 10.9. The van der Waals surface area contributed by atoms with Crippen LogP contribution in [0.15, 0.2) is 42.5 Å². The molecular weight excluding hydrogens is 474 g/mol. The highest BCUT2D eigenvalue weighted by Gasteiger charge is 2.23. The molecule has 7 heteroatoms. The Morgan fingerprint density at radius 1 is 1.08 bits per heavy atom. The van der Waals surface area contributed by atoms with Crippen LogP contribution in [0.5, 0.6) is 0 Å². The van der Waals surface area contributed by atoms with Gasteiger partial charge >= 0.3 is 11.9 Å². The Bertz CT molecular complexity index is 1050. The first-order valence-corrected chi connectivity index (χ1v) is 14.2. The van der Waals surface area contributed by atoms with Crippen molar-refractivity contribution >= 4 is 29.6 Å². The van der Waals surface area contributed by atoms with E-state index in [0.29, 0.717) is 36.7 Å². The Hall–Kier alpha value is -2.80. The third kappa shape index (κ3) is 8.12. The quantitative estimate of drug-likeness (QED) is 0.358. The molecule has 0 radical (unpaired) electrons. The van der Waals surface area contributed by atoms with Gasteiger partial charge in [0.15, 0.2) is 0 Å². The summed E-state index contributed by atoms with van der Waals surface area (Å²) in [4.78, 5) is 37.2. The minimum absolute atomic E-state index is 0.196. The van der Waals surface area contributed by atoms with Crippen molar-refractivity contribution in [3.63, 3.8) is 0 Å².